The number of aliphatic carboxylic acids is 1. The lowest BCUT2D eigenvalue weighted by atomic mass is 10.1. The van der Waals surface area contributed by atoms with Crippen LogP contribution in [-0.4, -0.2) is 11.0 Å². The third-order valence-corrected chi connectivity index (χ3v) is 4.49. The number of hydrogen-bond acceptors (Lipinski definition) is 5. The summed E-state index contributed by atoms with van der Waals surface area (Å²) in [6, 6.07) is 15.0. The Morgan fingerprint density at radius 1 is 1.12 bits per heavy atom. The van der Waals surface area contributed by atoms with Gasteiger partial charge < -0.3 is 14.6 Å². The van der Waals surface area contributed by atoms with Crippen molar-refractivity contribution in [2.45, 2.75) is 13.0 Å². The first kappa shape index (κ1) is 16.5. The molecule has 1 heterocycles. The highest BCUT2D eigenvalue weighted by Crippen LogP contribution is 2.24. The molecular formula is C18H13ClNO3S-. The first-order valence-corrected chi connectivity index (χ1v) is 8.48. The van der Waals surface area contributed by atoms with E-state index in [1.54, 1.807) is 17.5 Å². The quantitative estimate of drug-likeness (QED) is 0.678. The molecule has 2 aromatic carbocycles. The number of halogens is 1. The summed E-state index contributed by atoms with van der Waals surface area (Å²) in [6.07, 6.45) is -0.163. The fourth-order valence-corrected chi connectivity index (χ4v) is 3.06. The van der Waals surface area contributed by atoms with Gasteiger partial charge in [-0.25, -0.2) is 4.98 Å². The Labute approximate surface area is 148 Å². The van der Waals surface area contributed by atoms with Gasteiger partial charge >= 0.3 is 0 Å². The van der Waals surface area contributed by atoms with Crippen LogP contribution in [0.3, 0.4) is 0 Å². The number of carboxylic acid groups (broad SMARTS) is 1. The molecular weight excluding hydrogens is 346 g/mol. The van der Waals surface area contributed by atoms with Crippen molar-refractivity contribution in [2.75, 3.05) is 0 Å². The average Bonchev–Trinajstić information content (AvgIpc) is 3.02. The number of nitrogens with zero attached hydrogens (tertiary/aromatic N) is 1. The molecule has 4 nitrogen and oxygen atoms in total. The molecule has 0 aliphatic heterocycles. The first-order chi connectivity index (χ1) is 11.6. The van der Waals surface area contributed by atoms with E-state index in [0.717, 1.165) is 21.9 Å². The van der Waals surface area contributed by atoms with Gasteiger partial charge in [0.25, 0.3) is 0 Å². The van der Waals surface area contributed by atoms with Crippen molar-refractivity contribution in [3.05, 3.63) is 70.2 Å². The summed E-state index contributed by atoms with van der Waals surface area (Å²) in [6.45, 7) is 0.454. The minimum Gasteiger partial charge on any atom is -0.550 e. The van der Waals surface area contributed by atoms with Crippen molar-refractivity contribution >= 4 is 28.9 Å². The second-order valence-corrected chi connectivity index (χ2v) is 6.43. The van der Waals surface area contributed by atoms with Gasteiger partial charge in [-0.2, -0.15) is 0 Å². The molecule has 0 saturated heterocycles. The van der Waals surface area contributed by atoms with Crippen LogP contribution in [0.15, 0.2) is 53.9 Å². The Hall–Kier alpha value is -2.37. The maximum absolute atomic E-state index is 10.6. The molecule has 0 amide bonds. The molecule has 0 N–H and O–H groups in total. The van der Waals surface area contributed by atoms with Crippen LogP contribution >= 0.6 is 22.9 Å². The normalized spacial score (nSPS) is 10.5. The van der Waals surface area contributed by atoms with E-state index in [1.807, 2.05) is 36.4 Å². The van der Waals surface area contributed by atoms with Crippen molar-refractivity contribution < 1.29 is 14.6 Å². The number of carboxylic acids is 1. The van der Waals surface area contributed by atoms with E-state index in [0.29, 0.717) is 17.3 Å². The lowest BCUT2D eigenvalue weighted by molar-refractivity contribution is -0.304. The molecule has 0 atom stereocenters. The predicted molar refractivity (Wildman–Crippen MR) is 92.0 cm³/mol. The van der Waals surface area contributed by atoms with Crippen LogP contribution in [0.25, 0.3) is 10.6 Å². The number of carbonyl (C=O) groups is 1. The number of ether oxygens (including phenoxy) is 1. The molecule has 0 unspecified atom stereocenters. The van der Waals surface area contributed by atoms with Crippen molar-refractivity contribution in [1.29, 1.82) is 0 Å². The van der Waals surface area contributed by atoms with Crippen molar-refractivity contribution in [3.63, 3.8) is 0 Å². The SMILES string of the molecule is O=C([O-])Cc1csc(-c2ccc(COc3ccc(Cl)cc3)cc2)n1. The summed E-state index contributed by atoms with van der Waals surface area (Å²) in [5.41, 5.74) is 2.49. The summed E-state index contributed by atoms with van der Waals surface area (Å²) in [5, 5.41) is 13.8. The summed E-state index contributed by atoms with van der Waals surface area (Å²) in [7, 11) is 0. The summed E-state index contributed by atoms with van der Waals surface area (Å²) < 4.78 is 5.70. The zero-order valence-electron chi connectivity index (χ0n) is 12.6. The highest BCUT2D eigenvalue weighted by Gasteiger charge is 2.05. The van der Waals surface area contributed by atoms with E-state index in [1.165, 1.54) is 11.3 Å². The number of carbonyl (C=O) groups excluding carboxylic acids is 1. The lowest BCUT2D eigenvalue weighted by Gasteiger charge is -2.07. The van der Waals surface area contributed by atoms with Crippen LogP contribution in [0.2, 0.25) is 5.02 Å². The molecule has 1 aromatic heterocycles. The Balaban J connectivity index is 1.63. The molecule has 0 aliphatic rings. The van der Waals surface area contributed by atoms with E-state index in [-0.39, 0.29) is 6.42 Å². The minimum absolute atomic E-state index is 0.163. The fourth-order valence-electron chi connectivity index (χ4n) is 2.11. The minimum atomic E-state index is -1.12. The monoisotopic (exact) mass is 358 g/mol. The molecule has 3 aromatic rings. The molecule has 3 rings (SSSR count). The maximum atomic E-state index is 10.6. The molecule has 0 saturated carbocycles. The molecule has 0 radical (unpaired) electrons. The molecule has 6 heteroatoms. The van der Waals surface area contributed by atoms with Gasteiger partial charge in [-0.15, -0.1) is 11.3 Å². The zero-order valence-corrected chi connectivity index (χ0v) is 14.1. The van der Waals surface area contributed by atoms with Crippen LogP contribution in [0.1, 0.15) is 11.3 Å². The third kappa shape index (κ3) is 4.34. The Morgan fingerprint density at radius 3 is 2.50 bits per heavy atom. The maximum Gasteiger partial charge on any atom is 0.123 e. The standard InChI is InChI=1S/C18H14ClNO3S/c19-14-5-7-16(8-6-14)23-10-12-1-3-13(4-2-12)18-20-15(11-24-18)9-17(21)22/h1-8,11H,9-10H2,(H,21,22)/p-1. The van der Waals surface area contributed by atoms with Gasteiger partial charge in [0.1, 0.15) is 17.4 Å². The Morgan fingerprint density at radius 2 is 1.83 bits per heavy atom. The number of hydrogen-bond donors (Lipinski definition) is 0. The van der Waals surface area contributed by atoms with Crippen molar-refractivity contribution in [2.24, 2.45) is 0 Å². The topological polar surface area (TPSA) is 62.2 Å². The fraction of sp³-hybridized carbons (Fsp3) is 0.111. The van der Waals surface area contributed by atoms with Gasteiger partial charge in [0.2, 0.25) is 0 Å². The summed E-state index contributed by atoms with van der Waals surface area (Å²) in [5.74, 6) is -0.364. The van der Waals surface area contributed by atoms with Gasteiger partial charge in [-0.1, -0.05) is 35.9 Å². The highest BCUT2D eigenvalue weighted by molar-refractivity contribution is 7.13. The Bertz CT molecular complexity index is 828. The van der Waals surface area contributed by atoms with Gasteiger partial charge in [0.15, 0.2) is 0 Å². The second-order valence-electron chi connectivity index (χ2n) is 5.13. The lowest BCUT2D eigenvalue weighted by Crippen LogP contribution is -2.24. The predicted octanol–water partition coefficient (Wildman–Crippen LogP) is 3.33. The van der Waals surface area contributed by atoms with Crippen molar-refractivity contribution in [1.82, 2.24) is 4.98 Å². The number of rotatable bonds is 6. The van der Waals surface area contributed by atoms with Crippen LogP contribution in [-0.2, 0) is 17.8 Å². The molecule has 0 aliphatic carbocycles. The smallest absolute Gasteiger partial charge is 0.123 e. The number of aromatic nitrogens is 1. The van der Waals surface area contributed by atoms with E-state index >= 15 is 0 Å². The highest BCUT2D eigenvalue weighted by atomic mass is 35.5. The Kier molecular flexibility index (Phi) is 5.13. The molecule has 24 heavy (non-hydrogen) atoms. The largest absolute Gasteiger partial charge is 0.550 e. The second kappa shape index (κ2) is 7.47. The molecule has 0 fully saturated rings. The van der Waals surface area contributed by atoms with E-state index in [4.69, 9.17) is 16.3 Å². The van der Waals surface area contributed by atoms with Crippen LogP contribution in [0.5, 0.6) is 5.75 Å². The van der Waals surface area contributed by atoms with Gasteiger partial charge in [0.05, 0.1) is 5.69 Å². The van der Waals surface area contributed by atoms with Gasteiger partial charge in [-0.05, 0) is 29.8 Å². The first-order valence-electron chi connectivity index (χ1n) is 7.22. The zero-order chi connectivity index (χ0) is 16.9. The van der Waals surface area contributed by atoms with Crippen LogP contribution < -0.4 is 9.84 Å². The van der Waals surface area contributed by atoms with Crippen LogP contribution in [0, 0.1) is 0 Å². The third-order valence-electron chi connectivity index (χ3n) is 3.30. The molecule has 122 valence electrons. The number of thiazole rings is 1. The molecule has 0 bridgehead atoms. The van der Waals surface area contributed by atoms with Gasteiger partial charge in [0, 0.05) is 28.4 Å². The van der Waals surface area contributed by atoms with E-state index in [2.05, 4.69) is 4.98 Å². The van der Waals surface area contributed by atoms with E-state index in [9.17, 15) is 9.90 Å². The van der Waals surface area contributed by atoms with Crippen LogP contribution in [0.4, 0.5) is 0 Å². The average molecular weight is 359 g/mol. The van der Waals surface area contributed by atoms with Crippen molar-refractivity contribution in [3.8, 4) is 16.3 Å². The van der Waals surface area contributed by atoms with E-state index < -0.39 is 5.97 Å². The van der Waals surface area contributed by atoms with Gasteiger partial charge in [-0.3, -0.25) is 0 Å². The summed E-state index contributed by atoms with van der Waals surface area (Å²) in [4.78, 5) is 14.9. The number of benzene rings is 2. The summed E-state index contributed by atoms with van der Waals surface area (Å²) >= 11 is 7.25. The molecule has 0 spiro atoms.